The van der Waals surface area contributed by atoms with Gasteiger partial charge in [-0.05, 0) is 35.7 Å². The summed E-state index contributed by atoms with van der Waals surface area (Å²) in [6.07, 6.45) is 3.57. The molecule has 22 heteroatoms. The third kappa shape index (κ3) is 12.7. The Bertz CT molecular complexity index is 2780. The Kier molecular flexibility index (Phi) is 16.2. The van der Waals surface area contributed by atoms with E-state index >= 15 is 0 Å². The van der Waals surface area contributed by atoms with Crippen molar-refractivity contribution in [1.82, 2.24) is 29.8 Å². The molecule has 0 saturated carbocycles. The number of thiazole rings is 1. The number of anilines is 1. The Labute approximate surface area is 394 Å². The quantitative estimate of drug-likeness (QED) is 0.0543. The zero-order chi connectivity index (χ0) is 48.2. The topological polar surface area (TPSA) is 260 Å². The van der Waals surface area contributed by atoms with Crippen LogP contribution in [0.4, 0.5) is 5.13 Å². The predicted octanol–water partition coefficient (Wildman–Crippen LogP) is 2.89. The average Bonchev–Trinajstić information content (AvgIpc) is 4.08. The van der Waals surface area contributed by atoms with Gasteiger partial charge >= 0.3 is 0 Å². The van der Waals surface area contributed by atoms with Crippen LogP contribution in [0.25, 0.3) is 11.3 Å². The molecule has 7 amide bonds. The molecule has 20 nitrogen and oxygen atoms in total. The molecule has 2 aliphatic heterocycles. The second-order valence-electron chi connectivity index (χ2n) is 15.5. The number of ether oxygens (including phenoxy) is 4. The lowest BCUT2D eigenvalue weighted by molar-refractivity contribution is -0.136. The minimum atomic E-state index is -3.63. The molecule has 2 aromatic heterocycles. The Morgan fingerprint density at radius 3 is 2.34 bits per heavy atom. The molecule has 68 heavy (non-hydrogen) atoms. The van der Waals surface area contributed by atoms with Gasteiger partial charge in [-0.1, -0.05) is 60.7 Å². The number of nitrogens with one attached hydrogen (secondary N) is 4. The van der Waals surface area contributed by atoms with Gasteiger partial charge in [0.15, 0.2) is 5.13 Å². The predicted molar refractivity (Wildman–Crippen MR) is 245 cm³/mol. The van der Waals surface area contributed by atoms with Gasteiger partial charge in [0.25, 0.3) is 23.6 Å². The van der Waals surface area contributed by atoms with E-state index in [1.165, 1.54) is 29.7 Å². The van der Waals surface area contributed by atoms with Crippen LogP contribution in [0.1, 0.15) is 61.5 Å². The van der Waals surface area contributed by atoms with Gasteiger partial charge in [-0.15, -0.1) is 11.3 Å². The van der Waals surface area contributed by atoms with Crippen molar-refractivity contribution in [3.8, 4) is 17.0 Å². The number of aromatic nitrogens is 2. The zero-order valence-electron chi connectivity index (χ0n) is 36.6. The molecule has 0 aliphatic carbocycles. The molecule has 1 fully saturated rings. The van der Waals surface area contributed by atoms with Gasteiger partial charge in [0.1, 0.15) is 24.4 Å². The summed E-state index contributed by atoms with van der Waals surface area (Å²) in [5.74, 6) is -3.75. The molecular weight excluding hydrogens is 923 g/mol. The van der Waals surface area contributed by atoms with Crippen LogP contribution in [0.15, 0.2) is 96.6 Å². The highest BCUT2D eigenvalue weighted by Gasteiger charge is 2.46. The Morgan fingerprint density at radius 1 is 0.868 bits per heavy atom. The van der Waals surface area contributed by atoms with Crippen molar-refractivity contribution in [1.29, 1.82) is 0 Å². The number of nitrogens with zero attached hydrogens (tertiary/aromatic N) is 3. The highest BCUT2D eigenvalue weighted by Crippen LogP contribution is 2.33. The number of rotatable bonds is 23. The lowest BCUT2D eigenvalue weighted by Crippen LogP contribution is -2.54. The molecule has 1 unspecified atom stereocenters. The molecule has 356 valence electrons. The maximum atomic E-state index is 13.5. The van der Waals surface area contributed by atoms with Crippen molar-refractivity contribution in [2.75, 3.05) is 51.2 Å². The van der Waals surface area contributed by atoms with Crippen LogP contribution >= 0.6 is 11.3 Å². The molecule has 2 aliphatic rings. The lowest BCUT2D eigenvalue weighted by atomic mass is 10.0. The summed E-state index contributed by atoms with van der Waals surface area (Å²) in [5.41, 5.74) is 3.33. The molecular formula is C46H47N7O13S2. The number of carbonyl (C=O) groups excluding carboxylic acids is 7. The molecule has 0 bridgehead atoms. The zero-order valence-corrected chi connectivity index (χ0v) is 38.3. The van der Waals surface area contributed by atoms with Crippen molar-refractivity contribution in [3.63, 3.8) is 0 Å². The molecule has 1 saturated heterocycles. The van der Waals surface area contributed by atoms with Gasteiger partial charge in [0.05, 0.1) is 68.3 Å². The molecule has 0 radical (unpaired) electrons. The minimum Gasteiger partial charge on any atom is -0.490 e. The molecule has 0 spiro atoms. The molecule has 3 aromatic carbocycles. The van der Waals surface area contributed by atoms with E-state index in [1.54, 1.807) is 17.5 Å². The SMILES string of the molecule is CS(=O)(=O)n1ccc(C(=O)N[C@@H](COCc2ccc(CNC(=O)CCOCCOCCOc3cccc4c3C(=O)N(C3CCC(=O)NC3=O)C4=O)cc2)C(=O)Nc2nc(-c3ccccc3)cs2)c1. The van der Waals surface area contributed by atoms with E-state index in [1.807, 2.05) is 54.6 Å². The van der Waals surface area contributed by atoms with E-state index in [0.29, 0.717) is 10.8 Å². The van der Waals surface area contributed by atoms with Crippen molar-refractivity contribution >= 4 is 67.8 Å². The minimum absolute atomic E-state index is 0.0168. The Balaban J connectivity index is 0.787. The third-order valence-corrected chi connectivity index (χ3v) is 12.3. The van der Waals surface area contributed by atoms with Crippen molar-refractivity contribution < 1.29 is 60.9 Å². The number of hydrogen-bond acceptors (Lipinski definition) is 15. The third-order valence-electron chi connectivity index (χ3n) is 10.6. The van der Waals surface area contributed by atoms with Gasteiger partial charge in [-0.3, -0.25) is 47.8 Å². The number of fused-ring (bicyclic) bond motifs is 1. The number of carbonyl (C=O) groups is 7. The second kappa shape index (κ2) is 22.6. The second-order valence-corrected chi connectivity index (χ2v) is 18.2. The van der Waals surface area contributed by atoms with E-state index < -0.39 is 57.6 Å². The van der Waals surface area contributed by atoms with Gasteiger partial charge in [0.2, 0.25) is 27.7 Å². The van der Waals surface area contributed by atoms with Crippen LogP contribution in [0.5, 0.6) is 5.75 Å². The first-order valence-corrected chi connectivity index (χ1v) is 24.0. The van der Waals surface area contributed by atoms with E-state index in [-0.39, 0.29) is 100 Å². The molecule has 4 heterocycles. The van der Waals surface area contributed by atoms with E-state index in [0.717, 1.165) is 38.0 Å². The van der Waals surface area contributed by atoms with E-state index in [9.17, 15) is 42.0 Å². The molecule has 5 aromatic rings. The van der Waals surface area contributed by atoms with E-state index in [2.05, 4.69) is 26.3 Å². The van der Waals surface area contributed by atoms with Gasteiger partial charge in [0, 0.05) is 42.7 Å². The fourth-order valence-corrected chi connectivity index (χ4v) is 8.36. The molecule has 2 atom stereocenters. The fraction of sp³-hybridized carbons (Fsp3) is 0.304. The fourth-order valence-electron chi connectivity index (χ4n) is 7.05. The van der Waals surface area contributed by atoms with Crippen LogP contribution in [-0.2, 0) is 56.6 Å². The number of hydrogen-bond donors (Lipinski definition) is 4. The van der Waals surface area contributed by atoms with Crippen LogP contribution < -0.4 is 26.0 Å². The summed E-state index contributed by atoms with van der Waals surface area (Å²) in [4.78, 5) is 94.6. The first-order chi connectivity index (χ1) is 32.7. The summed E-state index contributed by atoms with van der Waals surface area (Å²) < 4.78 is 47.5. The Hall–Kier alpha value is -7.11. The smallest absolute Gasteiger partial charge is 0.266 e. The number of imide groups is 2. The summed E-state index contributed by atoms with van der Waals surface area (Å²) >= 11 is 1.22. The van der Waals surface area contributed by atoms with Crippen molar-refractivity contribution in [2.45, 2.75) is 44.5 Å². The largest absolute Gasteiger partial charge is 0.490 e. The average molecular weight is 970 g/mol. The number of amides is 7. The summed E-state index contributed by atoms with van der Waals surface area (Å²) in [6, 6.07) is 20.4. The van der Waals surface area contributed by atoms with Crippen LogP contribution in [0, 0.1) is 0 Å². The standard InChI is InChI=1S/C46H47N7O13S2/c1-68(61,62)52-18-16-32(25-52)41(56)48-34(42(57)51-46-49-35(28-67-46)31-6-3-2-4-7-31)27-65-26-30-12-10-29(11-13-30)24-47-38(54)17-19-63-20-21-64-22-23-66-37-9-5-8-33-40(37)45(60)53(44(33)59)36-14-15-39(55)50-43(36)58/h2-13,16,18,25,28,34,36H,14-15,17,19-24,26-27H2,1H3,(H,47,54)(H,48,56)(H,49,51,57)(H,50,55,58)/t34-,36?/m0/s1. The lowest BCUT2D eigenvalue weighted by Gasteiger charge is -2.27. The first kappa shape index (κ1) is 48.8. The maximum Gasteiger partial charge on any atom is 0.266 e. The molecule has 7 rings (SSSR count). The summed E-state index contributed by atoms with van der Waals surface area (Å²) in [7, 11) is -3.63. The summed E-state index contributed by atoms with van der Waals surface area (Å²) in [5, 5.41) is 12.5. The van der Waals surface area contributed by atoms with Crippen LogP contribution in [0.2, 0.25) is 0 Å². The number of benzene rings is 3. The van der Waals surface area contributed by atoms with Gasteiger partial charge < -0.3 is 34.9 Å². The van der Waals surface area contributed by atoms with Crippen LogP contribution in [-0.4, -0.2) is 122 Å². The van der Waals surface area contributed by atoms with Crippen molar-refractivity contribution in [3.05, 3.63) is 124 Å². The first-order valence-electron chi connectivity index (χ1n) is 21.3. The Morgan fingerprint density at radius 2 is 1.60 bits per heavy atom. The highest BCUT2D eigenvalue weighted by molar-refractivity contribution is 7.89. The van der Waals surface area contributed by atoms with Crippen molar-refractivity contribution in [2.24, 2.45) is 0 Å². The maximum absolute atomic E-state index is 13.5. The monoisotopic (exact) mass is 969 g/mol. The normalized spacial score (nSPS) is 15.1. The van der Waals surface area contributed by atoms with Gasteiger partial charge in [-0.2, -0.15) is 0 Å². The molecule has 4 N–H and O–H groups in total. The van der Waals surface area contributed by atoms with Crippen LogP contribution in [0.3, 0.4) is 0 Å². The van der Waals surface area contributed by atoms with E-state index in [4.69, 9.17) is 18.9 Å². The highest BCUT2D eigenvalue weighted by atomic mass is 32.2. The van der Waals surface area contributed by atoms with Gasteiger partial charge in [-0.25, -0.2) is 13.4 Å². The summed E-state index contributed by atoms with van der Waals surface area (Å²) in [6.45, 7) is 0.913. The number of piperidine rings is 1.